The number of thioether (sulfide) groups is 1. The summed E-state index contributed by atoms with van der Waals surface area (Å²) in [7, 11) is 0. The molecule has 0 bridgehead atoms. The number of hydrogen-bond acceptors (Lipinski definition) is 5. The number of amides is 3. The summed E-state index contributed by atoms with van der Waals surface area (Å²) in [6.07, 6.45) is 1.56. The second-order valence-corrected chi connectivity index (χ2v) is 9.13. The van der Waals surface area contributed by atoms with Gasteiger partial charge in [-0.2, -0.15) is 0 Å². The van der Waals surface area contributed by atoms with Gasteiger partial charge in [-0.05, 0) is 66.2 Å². The number of ether oxygens (including phenoxy) is 1. The number of carbonyl (C=O) groups excluding carboxylic acids is 3. The Morgan fingerprint density at radius 3 is 2.60 bits per heavy atom. The first-order chi connectivity index (χ1) is 16.8. The summed E-state index contributed by atoms with van der Waals surface area (Å²) in [5, 5.41) is 2.85. The van der Waals surface area contributed by atoms with Crippen molar-refractivity contribution in [2.24, 2.45) is 0 Å². The summed E-state index contributed by atoms with van der Waals surface area (Å²) in [6.45, 7) is 1.65. The number of imide groups is 1. The van der Waals surface area contributed by atoms with E-state index in [1.165, 1.54) is 24.3 Å². The molecule has 6 nitrogen and oxygen atoms in total. The van der Waals surface area contributed by atoms with E-state index in [1.54, 1.807) is 48.5 Å². The predicted octanol–water partition coefficient (Wildman–Crippen LogP) is 6.04. The number of hydrogen-bond donors (Lipinski definition) is 1. The summed E-state index contributed by atoms with van der Waals surface area (Å²) < 4.78 is 18.8. The van der Waals surface area contributed by atoms with Gasteiger partial charge in [0.1, 0.15) is 11.6 Å². The fourth-order valence-corrected chi connectivity index (χ4v) is 4.30. The molecule has 0 unspecified atom stereocenters. The molecule has 1 N–H and O–H groups in total. The smallest absolute Gasteiger partial charge is 0.293 e. The number of carbonyl (C=O) groups is 3. The van der Waals surface area contributed by atoms with Crippen LogP contribution in [0.1, 0.15) is 16.7 Å². The molecule has 3 aromatic rings. The van der Waals surface area contributed by atoms with Crippen molar-refractivity contribution in [3.05, 3.63) is 99.2 Å². The molecule has 0 atom stereocenters. The zero-order chi connectivity index (χ0) is 24.9. The minimum absolute atomic E-state index is 0.0453. The van der Waals surface area contributed by atoms with Crippen LogP contribution < -0.4 is 10.1 Å². The third-order valence-corrected chi connectivity index (χ3v) is 6.46. The van der Waals surface area contributed by atoms with Crippen LogP contribution in [0, 0.1) is 12.7 Å². The first-order valence-corrected chi connectivity index (χ1v) is 11.8. The molecule has 0 spiro atoms. The maximum Gasteiger partial charge on any atom is 0.293 e. The summed E-state index contributed by atoms with van der Waals surface area (Å²) in [5.41, 5.74) is 2.64. The molecule has 1 saturated heterocycles. The maximum absolute atomic E-state index is 13.1. The summed E-state index contributed by atoms with van der Waals surface area (Å²) >= 11 is 6.91. The molecule has 0 radical (unpaired) electrons. The first kappa shape index (κ1) is 24.5. The van der Waals surface area contributed by atoms with Gasteiger partial charge in [0, 0.05) is 16.3 Å². The molecule has 3 amide bonds. The van der Waals surface area contributed by atoms with E-state index in [9.17, 15) is 18.8 Å². The number of anilines is 1. The van der Waals surface area contributed by atoms with Crippen molar-refractivity contribution in [2.45, 2.75) is 13.5 Å². The number of aryl methyl sites for hydroxylation is 1. The number of para-hydroxylation sites is 1. The van der Waals surface area contributed by atoms with E-state index in [4.69, 9.17) is 16.3 Å². The highest BCUT2D eigenvalue weighted by Gasteiger charge is 2.35. The Balaban J connectivity index is 1.43. The number of rotatable bonds is 7. The van der Waals surface area contributed by atoms with Crippen molar-refractivity contribution in [1.82, 2.24) is 4.90 Å². The SMILES string of the molecule is Cc1ccc(NC(=O)COc2ccccc2/C=C2\SC(=O)N(Cc3ccc(F)cc3)C2=O)cc1Cl. The molecule has 1 aliphatic rings. The van der Waals surface area contributed by atoms with E-state index in [-0.39, 0.29) is 24.0 Å². The average Bonchev–Trinajstić information content (AvgIpc) is 3.09. The Morgan fingerprint density at radius 2 is 1.86 bits per heavy atom. The van der Waals surface area contributed by atoms with Crippen molar-refractivity contribution in [1.29, 1.82) is 0 Å². The van der Waals surface area contributed by atoms with Crippen molar-refractivity contribution < 1.29 is 23.5 Å². The van der Waals surface area contributed by atoms with E-state index in [1.807, 2.05) is 6.92 Å². The van der Waals surface area contributed by atoms with Gasteiger partial charge in [0.15, 0.2) is 6.61 Å². The molecule has 0 aliphatic carbocycles. The van der Waals surface area contributed by atoms with E-state index < -0.39 is 17.0 Å². The number of benzene rings is 3. The quantitative estimate of drug-likeness (QED) is 0.392. The molecule has 0 aromatic heterocycles. The number of nitrogens with zero attached hydrogens (tertiary/aromatic N) is 1. The van der Waals surface area contributed by atoms with Gasteiger partial charge in [0.25, 0.3) is 17.1 Å². The Labute approximate surface area is 210 Å². The normalized spacial score (nSPS) is 14.5. The van der Waals surface area contributed by atoms with Crippen molar-refractivity contribution in [2.75, 3.05) is 11.9 Å². The Hall–Kier alpha value is -3.62. The summed E-state index contributed by atoms with van der Waals surface area (Å²) in [6, 6.07) is 17.7. The van der Waals surface area contributed by atoms with Crippen LogP contribution in [-0.4, -0.2) is 28.6 Å². The van der Waals surface area contributed by atoms with E-state index in [2.05, 4.69) is 5.32 Å². The second-order valence-electron chi connectivity index (χ2n) is 7.73. The van der Waals surface area contributed by atoms with E-state index in [0.29, 0.717) is 27.6 Å². The van der Waals surface area contributed by atoms with Gasteiger partial charge >= 0.3 is 0 Å². The van der Waals surface area contributed by atoms with Crippen molar-refractivity contribution in [3.8, 4) is 5.75 Å². The Kier molecular flexibility index (Phi) is 7.53. The van der Waals surface area contributed by atoms with Crippen LogP contribution >= 0.6 is 23.4 Å². The summed E-state index contributed by atoms with van der Waals surface area (Å²) in [5.74, 6) is -0.835. The van der Waals surface area contributed by atoms with Crippen molar-refractivity contribution >= 4 is 52.2 Å². The molecular formula is C26H20ClFN2O4S. The van der Waals surface area contributed by atoms with Gasteiger partial charge in [0.05, 0.1) is 11.4 Å². The molecule has 35 heavy (non-hydrogen) atoms. The average molecular weight is 511 g/mol. The van der Waals surface area contributed by atoms with Crippen LogP contribution in [0.4, 0.5) is 14.9 Å². The molecule has 4 rings (SSSR count). The van der Waals surface area contributed by atoms with E-state index >= 15 is 0 Å². The molecule has 3 aromatic carbocycles. The van der Waals surface area contributed by atoms with Crippen LogP contribution in [0.3, 0.4) is 0 Å². The highest BCUT2D eigenvalue weighted by atomic mass is 35.5. The van der Waals surface area contributed by atoms with Gasteiger partial charge in [-0.1, -0.05) is 48.0 Å². The molecule has 1 heterocycles. The standard InChI is InChI=1S/C26H20ClFN2O4S/c1-16-6-11-20(13-21(16)27)29-24(31)15-34-22-5-3-2-4-18(22)12-23-25(32)30(26(33)35-23)14-17-7-9-19(28)10-8-17/h2-13H,14-15H2,1H3,(H,29,31)/b23-12-. The van der Waals surface area contributed by atoms with Gasteiger partial charge in [-0.3, -0.25) is 19.3 Å². The van der Waals surface area contributed by atoms with E-state index in [0.717, 1.165) is 22.2 Å². The molecule has 1 aliphatic heterocycles. The molecule has 0 saturated carbocycles. The third-order valence-electron chi connectivity index (χ3n) is 5.15. The van der Waals surface area contributed by atoms with Crippen LogP contribution in [-0.2, 0) is 16.1 Å². The fourth-order valence-electron chi connectivity index (χ4n) is 3.29. The lowest BCUT2D eigenvalue weighted by molar-refractivity contribution is -0.123. The number of halogens is 2. The maximum atomic E-state index is 13.1. The van der Waals surface area contributed by atoms with Crippen molar-refractivity contribution in [3.63, 3.8) is 0 Å². The second kappa shape index (κ2) is 10.8. The largest absolute Gasteiger partial charge is 0.483 e. The number of nitrogens with one attached hydrogen (secondary N) is 1. The molecule has 9 heteroatoms. The predicted molar refractivity (Wildman–Crippen MR) is 135 cm³/mol. The van der Waals surface area contributed by atoms with Crippen LogP contribution in [0.2, 0.25) is 5.02 Å². The first-order valence-electron chi connectivity index (χ1n) is 10.6. The monoisotopic (exact) mass is 510 g/mol. The highest BCUT2D eigenvalue weighted by molar-refractivity contribution is 8.18. The Bertz CT molecular complexity index is 1330. The lowest BCUT2D eigenvalue weighted by Crippen LogP contribution is -2.27. The lowest BCUT2D eigenvalue weighted by atomic mass is 10.1. The Morgan fingerprint density at radius 1 is 1.11 bits per heavy atom. The minimum Gasteiger partial charge on any atom is -0.483 e. The topological polar surface area (TPSA) is 75.7 Å². The fraction of sp³-hybridized carbons (Fsp3) is 0.115. The highest BCUT2D eigenvalue weighted by Crippen LogP contribution is 2.35. The zero-order valence-electron chi connectivity index (χ0n) is 18.6. The van der Waals surface area contributed by atoms with Crippen LogP contribution in [0.15, 0.2) is 71.6 Å². The molecule has 1 fully saturated rings. The summed E-state index contributed by atoms with van der Waals surface area (Å²) in [4.78, 5) is 39.0. The minimum atomic E-state index is -0.451. The van der Waals surface area contributed by atoms with Gasteiger partial charge in [-0.25, -0.2) is 4.39 Å². The van der Waals surface area contributed by atoms with Gasteiger partial charge in [-0.15, -0.1) is 0 Å². The van der Waals surface area contributed by atoms with Crippen LogP contribution in [0.5, 0.6) is 5.75 Å². The molecular weight excluding hydrogens is 491 g/mol. The molecule has 178 valence electrons. The van der Waals surface area contributed by atoms with Gasteiger partial charge < -0.3 is 10.1 Å². The third kappa shape index (κ3) is 6.09. The lowest BCUT2D eigenvalue weighted by Gasteiger charge is -2.12. The van der Waals surface area contributed by atoms with Gasteiger partial charge in [0.2, 0.25) is 0 Å². The van der Waals surface area contributed by atoms with Crippen LogP contribution in [0.25, 0.3) is 6.08 Å². The zero-order valence-corrected chi connectivity index (χ0v) is 20.2.